The van der Waals surface area contributed by atoms with Crippen LogP contribution in [0.2, 0.25) is 0 Å². The summed E-state index contributed by atoms with van der Waals surface area (Å²) in [6.07, 6.45) is 19.5. The molecule has 0 fully saturated rings. The maximum absolute atomic E-state index is 17.1. The zero-order valence-electron chi connectivity index (χ0n) is 24.3. The summed E-state index contributed by atoms with van der Waals surface area (Å²) in [5.74, 6) is -3.49. The van der Waals surface area contributed by atoms with Crippen LogP contribution < -0.4 is 7.74 Å². The van der Waals surface area contributed by atoms with E-state index in [0.717, 1.165) is 7.76 Å². The standard InChI is InChI=1S/2C13H12F2N.2C5H5.Ti/c2*1-10(9-16-6-2-3-7-16)12-5-4-11(14)8-13(12)15;2*1-2-4-5-3-1;/h2*2-7,10H,9H2,1H3;2*1-3H,4H2;. The first-order valence-corrected chi connectivity index (χ1v) is 17.8. The van der Waals surface area contributed by atoms with Crippen molar-refractivity contribution in [3.8, 4) is 0 Å². The van der Waals surface area contributed by atoms with Gasteiger partial charge in [0.1, 0.15) is 0 Å². The molecule has 0 amide bonds. The molecule has 0 saturated heterocycles. The molecule has 2 heterocycles. The second kappa shape index (κ2) is 12.2. The van der Waals surface area contributed by atoms with Gasteiger partial charge in [0.25, 0.3) is 0 Å². The molecule has 0 N–H and O–H groups in total. The quantitative estimate of drug-likeness (QED) is 0.125. The first-order valence-electron chi connectivity index (χ1n) is 14.7. The Balaban J connectivity index is 1.61. The Morgan fingerprint density at radius 3 is 1.37 bits per heavy atom. The Morgan fingerprint density at radius 1 is 0.628 bits per heavy atom. The zero-order valence-corrected chi connectivity index (χ0v) is 25.8. The fourth-order valence-electron chi connectivity index (χ4n) is 6.82. The summed E-state index contributed by atoms with van der Waals surface area (Å²) in [5, 5.41) is 0. The van der Waals surface area contributed by atoms with Crippen molar-refractivity contribution in [3.05, 3.63) is 152 Å². The zero-order chi connectivity index (χ0) is 30.1. The van der Waals surface area contributed by atoms with Crippen LogP contribution in [0.25, 0.3) is 0 Å². The predicted molar refractivity (Wildman–Crippen MR) is 161 cm³/mol. The average molecular weight is 619 g/mol. The first kappa shape index (κ1) is 29.5. The molecule has 2 aromatic carbocycles. The molecule has 2 unspecified atom stereocenters. The number of halogens is 4. The molecule has 2 atom stereocenters. The normalized spacial score (nSPS) is 16.0. The summed E-state index contributed by atoms with van der Waals surface area (Å²) in [5.41, 5.74) is 0.687. The van der Waals surface area contributed by atoms with Crippen LogP contribution in [0, 0.1) is 23.3 Å². The van der Waals surface area contributed by atoms with Crippen LogP contribution in [0.15, 0.2) is 118 Å². The molecule has 0 aliphatic heterocycles. The molecule has 43 heavy (non-hydrogen) atoms. The molecular formula is C36H34F4N2Ti. The first-order chi connectivity index (χ1) is 20.8. The SMILES string of the molecule is CC(Cn1cccc1)c1ccc(F)[c]([Ti]([C]2=CC=CC2)([C]2=CC=CC2)[c]2c(F)ccc(C(C)Cn3cccc3)c2F)c1F. The van der Waals surface area contributed by atoms with Crippen molar-refractivity contribution in [2.24, 2.45) is 0 Å². The number of hydrogen-bond donors (Lipinski definition) is 0. The van der Waals surface area contributed by atoms with Crippen molar-refractivity contribution >= 4 is 7.74 Å². The molecule has 2 aliphatic rings. The Kier molecular flexibility index (Phi) is 8.35. The summed E-state index contributed by atoms with van der Waals surface area (Å²) in [4.78, 5) is 0. The molecular weight excluding hydrogens is 584 g/mol. The molecule has 2 aliphatic carbocycles. The summed E-state index contributed by atoms with van der Waals surface area (Å²) in [7, 11) is 0. The van der Waals surface area contributed by atoms with Crippen LogP contribution in [0.1, 0.15) is 49.7 Å². The molecule has 0 radical (unpaired) electrons. The molecule has 0 bridgehead atoms. The molecule has 0 saturated carbocycles. The summed E-state index contributed by atoms with van der Waals surface area (Å²) >= 11 is -4.88. The van der Waals surface area contributed by atoms with Crippen molar-refractivity contribution < 1.29 is 34.2 Å². The predicted octanol–water partition coefficient (Wildman–Crippen LogP) is 8.25. The van der Waals surface area contributed by atoms with Crippen LogP contribution in [0.5, 0.6) is 0 Å². The summed E-state index contributed by atoms with van der Waals surface area (Å²) < 4.78 is 72.1. The van der Waals surface area contributed by atoms with E-state index in [4.69, 9.17) is 0 Å². The van der Waals surface area contributed by atoms with E-state index in [2.05, 4.69) is 0 Å². The minimum atomic E-state index is -4.88. The van der Waals surface area contributed by atoms with Gasteiger partial charge in [-0.3, -0.25) is 0 Å². The van der Waals surface area contributed by atoms with Gasteiger partial charge in [-0.25, -0.2) is 0 Å². The number of nitrogens with zero attached hydrogens (tertiary/aromatic N) is 2. The Bertz CT molecular complexity index is 1620. The third kappa shape index (κ3) is 5.25. The van der Waals surface area contributed by atoms with Crippen LogP contribution in [-0.4, -0.2) is 9.13 Å². The maximum atomic E-state index is 17.1. The van der Waals surface area contributed by atoms with Gasteiger partial charge in [0.2, 0.25) is 0 Å². The molecule has 4 aromatic rings. The van der Waals surface area contributed by atoms with Crippen molar-refractivity contribution in [2.75, 3.05) is 0 Å². The summed E-state index contributed by atoms with van der Waals surface area (Å²) in [6, 6.07) is 13.1. The second-order valence-electron chi connectivity index (χ2n) is 11.6. The van der Waals surface area contributed by atoms with Crippen LogP contribution in [0.3, 0.4) is 0 Å². The molecule has 7 heteroatoms. The van der Waals surface area contributed by atoms with E-state index in [1.54, 1.807) is 0 Å². The topological polar surface area (TPSA) is 9.86 Å². The van der Waals surface area contributed by atoms with Crippen molar-refractivity contribution in [3.63, 3.8) is 0 Å². The van der Waals surface area contributed by atoms with E-state index in [0.29, 0.717) is 37.1 Å². The Morgan fingerprint density at radius 2 is 1.02 bits per heavy atom. The van der Waals surface area contributed by atoms with Gasteiger partial charge in [0, 0.05) is 0 Å². The fourth-order valence-corrected chi connectivity index (χ4v) is 15.1. The second-order valence-corrected chi connectivity index (χ2v) is 17.5. The average Bonchev–Trinajstić information content (AvgIpc) is 3.81. The third-order valence-electron chi connectivity index (χ3n) is 8.86. The monoisotopic (exact) mass is 618 g/mol. The number of allylic oxidation sites excluding steroid dienone is 8. The molecule has 2 nitrogen and oxygen atoms in total. The van der Waals surface area contributed by atoms with Gasteiger partial charge in [-0.1, -0.05) is 0 Å². The summed E-state index contributed by atoms with van der Waals surface area (Å²) in [6.45, 7) is 4.76. The van der Waals surface area contributed by atoms with Gasteiger partial charge in [-0.05, 0) is 0 Å². The van der Waals surface area contributed by atoms with Crippen LogP contribution in [0.4, 0.5) is 17.6 Å². The molecule has 2 aromatic heterocycles. The molecule has 220 valence electrons. The van der Waals surface area contributed by atoms with E-state index < -0.39 is 39.9 Å². The Hall–Kier alpha value is -3.61. The van der Waals surface area contributed by atoms with E-state index in [1.807, 2.05) is 108 Å². The van der Waals surface area contributed by atoms with Gasteiger partial charge in [-0.15, -0.1) is 0 Å². The number of aromatic nitrogens is 2. The fraction of sp³-hybridized carbons (Fsp3) is 0.222. The van der Waals surface area contributed by atoms with Gasteiger partial charge in [0.05, 0.1) is 0 Å². The van der Waals surface area contributed by atoms with Gasteiger partial charge >= 0.3 is 255 Å². The van der Waals surface area contributed by atoms with Crippen molar-refractivity contribution in [1.82, 2.24) is 9.13 Å². The van der Waals surface area contributed by atoms with Gasteiger partial charge in [0.15, 0.2) is 0 Å². The van der Waals surface area contributed by atoms with Crippen molar-refractivity contribution in [1.29, 1.82) is 0 Å². The molecule has 6 rings (SSSR count). The number of hydrogen-bond acceptors (Lipinski definition) is 0. The van der Waals surface area contributed by atoms with Gasteiger partial charge < -0.3 is 0 Å². The van der Waals surface area contributed by atoms with Crippen LogP contribution in [-0.2, 0) is 29.7 Å². The third-order valence-corrected chi connectivity index (χ3v) is 16.8. The van der Waals surface area contributed by atoms with E-state index in [1.165, 1.54) is 24.3 Å². The van der Waals surface area contributed by atoms with E-state index in [9.17, 15) is 0 Å². The number of rotatable bonds is 10. The van der Waals surface area contributed by atoms with Crippen LogP contribution >= 0.6 is 0 Å². The number of benzene rings is 2. The van der Waals surface area contributed by atoms with E-state index >= 15 is 17.6 Å². The Labute approximate surface area is 253 Å². The van der Waals surface area contributed by atoms with Gasteiger partial charge in [-0.2, -0.15) is 0 Å². The van der Waals surface area contributed by atoms with E-state index in [-0.39, 0.29) is 19.6 Å². The van der Waals surface area contributed by atoms with Crippen molar-refractivity contribution in [2.45, 2.75) is 51.6 Å². The minimum absolute atomic E-state index is 0.144. The molecule has 0 spiro atoms.